The number of halogens is 1. The van der Waals surface area contributed by atoms with Gasteiger partial charge in [0.2, 0.25) is 0 Å². The van der Waals surface area contributed by atoms with E-state index in [9.17, 15) is 0 Å². The summed E-state index contributed by atoms with van der Waals surface area (Å²) >= 11 is 0. The number of rotatable bonds is 9. The second-order valence-electron chi connectivity index (χ2n) is 6.81. The van der Waals surface area contributed by atoms with Gasteiger partial charge in [0.1, 0.15) is 6.26 Å². The van der Waals surface area contributed by atoms with Gasteiger partial charge in [-0.3, -0.25) is 9.89 Å². The summed E-state index contributed by atoms with van der Waals surface area (Å²) in [6.07, 6.45) is 2.60. The lowest BCUT2D eigenvalue weighted by atomic mass is 10.2. The maximum absolute atomic E-state index is 5.62. The van der Waals surface area contributed by atoms with E-state index in [1.807, 2.05) is 6.07 Å². The van der Waals surface area contributed by atoms with Gasteiger partial charge >= 0.3 is 0 Å². The molecule has 1 N–H and O–H groups in total. The molecule has 0 aliphatic carbocycles. The third-order valence-electron chi connectivity index (χ3n) is 4.04. The molecular weight excluding hydrogens is 445 g/mol. The Bertz CT molecular complexity index is 488. The van der Waals surface area contributed by atoms with E-state index in [0.29, 0.717) is 5.92 Å². The Balaban J connectivity index is 0.00000338. The smallest absolute Gasteiger partial charge is 0.194 e. The number of nitrogens with zero attached hydrogens (tertiary/aromatic N) is 4. The molecule has 1 aliphatic heterocycles. The van der Waals surface area contributed by atoms with Crippen LogP contribution in [-0.2, 0) is 11.3 Å². The summed E-state index contributed by atoms with van der Waals surface area (Å²) in [5.74, 6) is 1.61. The zero-order valence-corrected chi connectivity index (χ0v) is 18.6. The third-order valence-corrected chi connectivity index (χ3v) is 4.04. The lowest BCUT2D eigenvalue weighted by molar-refractivity contribution is 0.109. The van der Waals surface area contributed by atoms with Crippen molar-refractivity contribution in [3.63, 3.8) is 0 Å². The van der Waals surface area contributed by atoms with Gasteiger partial charge in [0.15, 0.2) is 5.96 Å². The van der Waals surface area contributed by atoms with Crippen LogP contribution in [0.5, 0.6) is 0 Å². The molecule has 1 aromatic rings. The summed E-state index contributed by atoms with van der Waals surface area (Å²) in [4.78, 5) is 9.51. The normalized spacial score (nSPS) is 16.0. The first-order chi connectivity index (χ1) is 12.2. The SMILES string of the molecule is CCNC(=NCCCOCC(C)C)N1CCN(Cc2ccon2)CC1.I. The van der Waals surface area contributed by atoms with Gasteiger partial charge in [-0.15, -0.1) is 24.0 Å². The Hall–Kier alpha value is -0.870. The highest BCUT2D eigenvalue weighted by molar-refractivity contribution is 14.0. The predicted octanol–water partition coefficient (Wildman–Crippen LogP) is 2.44. The molecule has 1 aromatic heterocycles. The highest BCUT2D eigenvalue weighted by Crippen LogP contribution is 2.07. The van der Waals surface area contributed by atoms with E-state index in [1.165, 1.54) is 0 Å². The van der Waals surface area contributed by atoms with Crippen LogP contribution in [0.2, 0.25) is 0 Å². The molecular formula is C18H34IN5O2. The number of hydrogen-bond donors (Lipinski definition) is 1. The quantitative estimate of drug-likeness (QED) is 0.254. The van der Waals surface area contributed by atoms with Crippen molar-refractivity contribution in [2.45, 2.75) is 33.7 Å². The van der Waals surface area contributed by atoms with E-state index in [2.05, 4.69) is 41.0 Å². The maximum atomic E-state index is 5.62. The van der Waals surface area contributed by atoms with Crippen LogP contribution in [0.3, 0.4) is 0 Å². The molecule has 2 heterocycles. The van der Waals surface area contributed by atoms with Crippen molar-refractivity contribution in [1.29, 1.82) is 0 Å². The molecule has 8 heteroatoms. The summed E-state index contributed by atoms with van der Waals surface area (Å²) in [7, 11) is 0. The Morgan fingerprint density at radius 2 is 2.12 bits per heavy atom. The first-order valence-electron chi connectivity index (χ1n) is 9.41. The summed E-state index contributed by atoms with van der Waals surface area (Å²) in [5, 5.41) is 7.40. The van der Waals surface area contributed by atoms with E-state index < -0.39 is 0 Å². The molecule has 0 bridgehead atoms. The van der Waals surface area contributed by atoms with Crippen LogP contribution >= 0.6 is 24.0 Å². The van der Waals surface area contributed by atoms with Crippen LogP contribution in [0.1, 0.15) is 32.9 Å². The maximum Gasteiger partial charge on any atom is 0.194 e. The molecule has 7 nitrogen and oxygen atoms in total. The molecule has 0 atom stereocenters. The monoisotopic (exact) mass is 479 g/mol. The lowest BCUT2D eigenvalue weighted by Crippen LogP contribution is -2.52. The average molecular weight is 479 g/mol. The van der Waals surface area contributed by atoms with E-state index >= 15 is 0 Å². The first-order valence-corrected chi connectivity index (χ1v) is 9.41. The van der Waals surface area contributed by atoms with Crippen LogP contribution < -0.4 is 5.32 Å². The van der Waals surface area contributed by atoms with Crippen molar-refractivity contribution in [1.82, 2.24) is 20.3 Å². The molecule has 0 spiro atoms. The van der Waals surface area contributed by atoms with Gasteiger partial charge in [0.05, 0.1) is 5.69 Å². The van der Waals surface area contributed by atoms with Gasteiger partial charge in [-0.1, -0.05) is 19.0 Å². The van der Waals surface area contributed by atoms with Crippen LogP contribution in [-0.4, -0.2) is 73.4 Å². The molecule has 26 heavy (non-hydrogen) atoms. The average Bonchev–Trinajstić information content (AvgIpc) is 3.10. The van der Waals surface area contributed by atoms with Crippen LogP contribution in [0.15, 0.2) is 21.8 Å². The fourth-order valence-electron chi connectivity index (χ4n) is 2.76. The van der Waals surface area contributed by atoms with Crippen LogP contribution in [0.4, 0.5) is 0 Å². The van der Waals surface area contributed by atoms with Crippen molar-refractivity contribution in [2.24, 2.45) is 10.9 Å². The Labute approximate surface area is 174 Å². The Morgan fingerprint density at radius 3 is 2.73 bits per heavy atom. The molecule has 1 fully saturated rings. The molecule has 1 aliphatic rings. The van der Waals surface area contributed by atoms with Gasteiger partial charge < -0.3 is 19.5 Å². The predicted molar refractivity (Wildman–Crippen MR) is 115 cm³/mol. The zero-order valence-electron chi connectivity index (χ0n) is 16.3. The summed E-state index contributed by atoms with van der Waals surface area (Å²) in [5.41, 5.74) is 0.996. The van der Waals surface area contributed by atoms with Crippen molar-refractivity contribution >= 4 is 29.9 Å². The van der Waals surface area contributed by atoms with E-state index in [-0.39, 0.29) is 24.0 Å². The second kappa shape index (κ2) is 13.3. The number of aromatic nitrogens is 1. The largest absolute Gasteiger partial charge is 0.381 e. The Morgan fingerprint density at radius 1 is 1.35 bits per heavy atom. The van der Waals surface area contributed by atoms with E-state index in [1.54, 1.807) is 6.26 Å². The lowest BCUT2D eigenvalue weighted by Gasteiger charge is -2.36. The molecule has 0 saturated carbocycles. The number of piperazine rings is 1. The number of nitrogens with one attached hydrogen (secondary N) is 1. The molecule has 0 aromatic carbocycles. The second-order valence-corrected chi connectivity index (χ2v) is 6.81. The molecule has 1 saturated heterocycles. The van der Waals surface area contributed by atoms with Crippen molar-refractivity contribution in [2.75, 3.05) is 52.5 Å². The van der Waals surface area contributed by atoms with Gasteiger partial charge in [-0.05, 0) is 19.3 Å². The topological polar surface area (TPSA) is 66.1 Å². The van der Waals surface area contributed by atoms with Crippen molar-refractivity contribution in [3.05, 3.63) is 18.0 Å². The number of aliphatic imine (C=N–C) groups is 1. The minimum Gasteiger partial charge on any atom is -0.381 e. The minimum absolute atomic E-state index is 0. The Kier molecular flexibility index (Phi) is 11.9. The van der Waals surface area contributed by atoms with E-state index in [4.69, 9.17) is 14.3 Å². The van der Waals surface area contributed by atoms with E-state index in [0.717, 1.165) is 77.1 Å². The highest BCUT2D eigenvalue weighted by atomic mass is 127. The summed E-state index contributed by atoms with van der Waals surface area (Å²) in [6, 6.07) is 1.93. The van der Waals surface area contributed by atoms with Crippen molar-refractivity contribution < 1.29 is 9.26 Å². The molecule has 0 amide bonds. The van der Waals surface area contributed by atoms with Crippen LogP contribution in [0.25, 0.3) is 0 Å². The number of guanidine groups is 1. The minimum atomic E-state index is 0. The van der Waals surface area contributed by atoms with Gasteiger partial charge in [0, 0.05) is 65.1 Å². The van der Waals surface area contributed by atoms with Gasteiger partial charge in [0.25, 0.3) is 0 Å². The standard InChI is InChI=1S/C18H33N5O2.HI/c1-4-19-18(20-7-5-12-24-15-16(2)3)23-10-8-22(9-11-23)14-17-6-13-25-21-17;/h6,13,16H,4-5,7-12,14-15H2,1-3H3,(H,19,20);1H. The fourth-order valence-corrected chi connectivity index (χ4v) is 2.76. The first kappa shape index (κ1) is 23.2. The fraction of sp³-hybridized carbons (Fsp3) is 0.778. The molecule has 150 valence electrons. The number of ether oxygens (including phenoxy) is 1. The molecule has 0 radical (unpaired) electrons. The zero-order chi connectivity index (χ0) is 17.9. The summed E-state index contributed by atoms with van der Waals surface area (Å²) in [6.45, 7) is 14.6. The van der Waals surface area contributed by atoms with Gasteiger partial charge in [-0.2, -0.15) is 0 Å². The molecule has 0 unspecified atom stereocenters. The number of hydrogen-bond acceptors (Lipinski definition) is 5. The summed E-state index contributed by atoms with van der Waals surface area (Å²) < 4.78 is 10.5. The van der Waals surface area contributed by atoms with Gasteiger partial charge in [-0.25, -0.2) is 0 Å². The molecule has 2 rings (SSSR count). The third kappa shape index (κ3) is 8.68. The van der Waals surface area contributed by atoms with Crippen molar-refractivity contribution in [3.8, 4) is 0 Å². The highest BCUT2D eigenvalue weighted by Gasteiger charge is 2.20. The van der Waals surface area contributed by atoms with Crippen LogP contribution in [0, 0.1) is 5.92 Å².